The fourth-order valence-corrected chi connectivity index (χ4v) is 2.71. The van der Waals surface area contributed by atoms with Crippen LogP contribution in [-0.4, -0.2) is 31.8 Å². The first-order chi connectivity index (χ1) is 9.72. The molecule has 0 bridgehead atoms. The topological polar surface area (TPSA) is 54.5 Å². The van der Waals surface area contributed by atoms with E-state index in [4.69, 9.17) is 9.72 Å². The average Bonchev–Trinajstić information content (AvgIpc) is 2.51. The van der Waals surface area contributed by atoms with E-state index in [-0.39, 0.29) is 6.09 Å². The first-order valence-corrected chi connectivity index (χ1v) is 6.65. The Morgan fingerprint density at radius 3 is 3.00 bits per heavy atom. The van der Waals surface area contributed by atoms with Crippen LogP contribution in [0.5, 0.6) is 0 Å². The second-order valence-electron chi connectivity index (χ2n) is 4.86. The van der Waals surface area contributed by atoms with Gasteiger partial charge in [0.2, 0.25) is 0 Å². The molecule has 0 radical (unpaired) electrons. The number of ether oxygens (including phenoxy) is 1. The number of anilines is 1. The Kier molecular flexibility index (Phi) is 3.28. The Balaban J connectivity index is 2.28. The van der Waals surface area contributed by atoms with Gasteiger partial charge in [-0.1, -0.05) is 18.2 Å². The number of carbonyl (C=O) groups excluding carboxylic acids is 1. The van der Waals surface area contributed by atoms with E-state index in [2.05, 4.69) is 5.32 Å². The molecule has 0 unspecified atom stereocenters. The van der Waals surface area contributed by atoms with E-state index in [0.717, 1.165) is 47.4 Å². The lowest BCUT2D eigenvalue weighted by atomic mass is 10.0. The maximum absolute atomic E-state index is 11.9. The third kappa shape index (κ3) is 2.00. The number of nitrogens with one attached hydrogen (secondary N) is 1. The number of carbonyl (C=O) groups is 1. The lowest BCUT2D eigenvalue weighted by molar-refractivity contribution is 0.180. The monoisotopic (exact) mass is 271 g/mol. The molecule has 1 aliphatic rings. The van der Waals surface area contributed by atoms with E-state index in [9.17, 15) is 4.79 Å². The quantitative estimate of drug-likeness (QED) is 0.863. The first-order valence-electron chi connectivity index (χ1n) is 6.65. The van der Waals surface area contributed by atoms with Crippen LogP contribution in [-0.2, 0) is 17.7 Å². The Morgan fingerprint density at radius 2 is 2.20 bits per heavy atom. The number of amides is 1. The Hall–Kier alpha value is -2.14. The fraction of sp³-hybridized carbons (Fsp3) is 0.333. The van der Waals surface area contributed by atoms with Crippen LogP contribution in [0.2, 0.25) is 0 Å². The van der Waals surface area contributed by atoms with Crippen molar-refractivity contribution in [3.63, 3.8) is 0 Å². The number of hydrogen-bond acceptors (Lipinski definition) is 4. The number of rotatable bonds is 1. The zero-order valence-electron chi connectivity index (χ0n) is 11.6. The van der Waals surface area contributed by atoms with Gasteiger partial charge in [-0.05, 0) is 6.07 Å². The van der Waals surface area contributed by atoms with Crippen molar-refractivity contribution in [1.82, 2.24) is 10.3 Å². The average molecular weight is 271 g/mol. The number of hydrogen-bond donors (Lipinski definition) is 1. The lowest BCUT2D eigenvalue weighted by Crippen LogP contribution is -2.31. The number of methoxy groups -OCH3 is 1. The van der Waals surface area contributed by atoms with Gasteiger partial charge >= 0.3 is 6.09 Å². The second kappa shape index (κ2) is 5.09. The highest BCUT2D eigenvalue weighted by atomic mass is 16.5. The van der Waals surface area contributed by atoms with Crippen LogP contribution < -0.4 is 10.2 Å². The standard InChI is InChI=1S/C15H17N3O2/c1-18(15(19)20-2)14-10-5-3-4-6-12(10)17-13-7-8-16-9-11(13)14/h3-6,16H,7-9H2,1-2H3. The molecule has 104 valence electrons. The van der Waals surface area contributed by atoms with E-state index in [1.807, 2.05) is 24.3 Å². The summed E-state index contributed by atoms with van der Waals surface area (Å²) in [5.41, 5.74) is 3.96. The van der Waals surface area contributed by atoms with Crippen LogP contribution in [0.1, 0.15) is 11.3 Å². The van der Waals surface area contributed by atoms with Gasteiger partial charge in [0.15, 0.2) is 0 Å². The van der Waals surface area contributed by atoms with Gasteiger partial charge in [-0.25, -0.2) is 4.79 Å². The van der Waals surface area contributed by atoms with Crippen molar-refractivity contribution < 1.29 is 9.53 Å². The zero-order valence-corrected chi connectivity index (χ0v) is 11.6. The minimum Gasteiger partial charge on any atom is -0.452 e. The summed E-state index contributed by atoms with van der Waals surface area (Å²) in [6.07, 6.45) is 0.511. The minimum atomic E-state index is -0.367. The SMILES string of the molecule is COC(=O)N(C)c1c2c(nc3ccccc13)CCNC2. The van der Waals surface area contributed by atoms with Crippen LogP contribution in [0.4, 0.5) is 10.5 Å². The summed E-state index contributed by atoms with van der Waals surface area (Å²) in [4.78, 5) is 18.2. The largest absolute Gasteiger partial charge is 0.452 e. The van der Waals surface area contributed by atoms with Crippen LogP contribution in [0.3, 0.4) is 0 Å². The van der Waals surface area contributed by atoms with Gasteiger partial charge in [0.25, 0.3) is 0 Å². The first kappa shape index (κ1) is 12.9. The Labute approximate surface area is 117 Å². The van der Waals surface area contributed by atoms with Crippen LogP contribution in [0.25, 0.3) is 10.9 Å². The predicted molar refractivity (Wildman–Crippen MR) is 78.0 cm³/mol. The molecule has 20 heavy (non-hydrogen) atoms. The summed E-state index contributed by atoms with van der Waals surface area (Å²) >= 11 is 0. The molecule has 1 N–H and O–H groups in total. The summed E-state index contributed by atoms with van der Waals surface area (Å²) in [5.74, 6) is 0. The molecule has 0 atom stereocenters. The second-order valence-corrected chi connectivity index (χ2v) is 4.86. The van der Waals surface area contributed by atoms with E-state index in [0.29, 0.717) is 0 Å². The third-order valence-electron chi connectivity index (χ3n) is 3.67. The van der Waals surface area contributed by atoms with Gasteiger partial charge in [-0.15, -0.1) is 0 Å². The van der Waals surface area contributed by atoms with E-state index >= 15 is 0 Å². The molecular weight excluding hydrogens is 254 g/mol. The summed E-state index contributed by atoms with van der Waals surface area (Å²) in [5, 5.41) is 4.31. The Morgan fingerprint density at radius 1 is 1.40 bits per heavy atom. The van der Waals surface area contributed by atoms with E-state index in [1.165, 1.54) is 7.11 Å². The molecule has 0 saturated carbocycles. The summed E-state index contributed by atoms with van der Waals surface area (Å²) in [6, 6.07) is 7.89. The van der Waals surface area contributed by atoms with Crippen molar-refractivity contribution in [1.29, 1.82) is 0 Å². The number of nitrogens with zero attached hydrogens (tertiary/aromatic N) is 2. The van der Waals surface area contributed by atoms with Gasteiger partial charge in [0, 0.05) is 43.2 Å². The molecule has 0 fully saturated rings. The van der Waals surface area contributed by atoms with Crippen molar-refractivity contribution in [2.24, 2.45) is 0 Å². The minimum absolute atomic E-state index is 0.367. The summed E-state index contributed by atoms with van der Waals surface area (Å²) in [6.45, 7) is 1.64. The molecule has 0 aliphatic carbocycles. The summed E-state index contributed by atoms with van der Waals surface area (Å²) < 4.78 is 4.85. The predicted octanol–water partition coefficient (Wildman–Crippen LogP) is 2.08. The molecule has 1 aliphatic heterocycles. The molecule has 5 heteroatoms. The normalized spacial score (nSPS) is 13.9. The van der Waals surface area contributed by atoms with Gasteiger partial charge in [0.05, 0.1) is 18.3 Å². The molecule has 1 amide bonds. The van der Waals surface area contributed by atoms with Crippen molar-refractivity contribution >= 4 is 22.7 Å². The molecular formula is C15H17N3O2. The van der Waals surface area contributed by atoms with Crippen LogP contribution in [0.15, 0.2) is 24.3 Å². The molecule has 2 aromatic rings. The number of aromatic nitrogens is 1. The highest BCUT2D eigenvalue weighted by molar-refractivity contribution is 6.01. The van der Waals surface area contributed by atoms with Gasteiger partial charge in [-0.3, -0.25) is 9.88 Å². The van der Waals surface area contributed by atoms with Crippen LogP contribution >= 0.6 is 0 Å². The lowest BCUT2D eigenvalue weighted by Gasteiger charge is -2.26. The molecule has 0 spiro atoms. The van der Waals surface area contributed by atoms with Crippen molar-refractivity contribution in [3.05, 3.63) is 35.5 Å². The highest BCUT2D eigenvalue weighted by Crippen LogP contribution is 2.33. The van der Waals surface area contributed by atoms with Gasteiger partial charge in [0.1, 0.15) is 0 Å². The number of para-hydroxylation sites is 1. The van der Waals surface area contributed by atoms with Crippen molar-refractivity contribution in [2.45, 2.75) is 13.0 Å². The zero-order chi connectivity index (χ0) is 14.1. The molecule has 1 aromatic carbocycles. The summed E-state index contributed by atoms with van der Waals surface area (Å²) in [7, 11) is 3.13. The van der Waals surface area contributed by atoms with E-state index < -0.39 is 0 Å². The highest BCUT2D eigenvalue weighted by Gasteiger charge is 2.23. The molecule has 3 rings (SSSR count). The van der Waals surface area contributed by atoms with Gasteiger partial charge < -0.3 is 10.1 Å². The number of benzene rings is 1. The fourth-order valence-electron chi connectivity index (χ4n) is 2.71. The Bertz CT molecular complexity index is 669. The maximum Gasteiger partial charge on any atom is 0.413 e. The van der Waals surface area contributed by atoms with Crippen molar-refractivity contribution in [3.8, 4) is 0 Å². The third-order valence-corrected chi connectivity index (χ3v) is 3.67. The molecule has 2 heterocycles. The molecule has 0 saturated heterocycles. The number of pyridine rings is 1. The maximum atomic E-state index is 11.9. The molecule has 5 nitrogen and oxygen atoms in total. The van der Waals surface area contributed by atoms with Gasteiger partial charge in [-0.2, -0.15) is 0 Å². The number of fused-ring (bicyclic) bond motifs is 2. The van der Waals surface area contributed by atoms with Crippen molar-refractivity contribution in [2.75, 3.05) is 25.6 Å². The smallest absolute Gasteiger partial charge is 0.413 e. The van der Waals surface area contributed by atoms with E-state index in [1.54, 1.807) is 11.9 Å². The molecule has 1 aromatic heterocycles. The van der Waals surface area contributed by atoms with Crippen LogP contribution in [0, 0.1) is 0 Å².